The molecule has 1 atom stereocenters. The molecule has 128 valence electrons. The monoisotopic (exact) mass is 336 g/mol. The summed E-state index contributed by atoms with van der Waals surface area (Å²) in [5.74, 6) is -0.0430. The number of nitrogens with two attached hydrogens (primary N) is 1. The number of rotatable bonds is 4. The molecule has 0 radical (unpaired) electrons. The van der Waals surface area contributed by atoms with Crippen molar-refractivity contribution >= 4 is 11.9 Å². The first kappa shape index (κ1) is 16.6. The summed E-state index contributed by atoms with van der Waals surface area (Å²) >= 11 is 0. The van der Waals surface area contributed by atoms with Crippen LogP contribution in [0.4, 0.5) is 5.95 Å². The fourth-order valence-corrected chi connectivity index (χ4v) is 2.78. The molecule has 7 nitrogen and oxygen atoms in total. The first-order valence-corrected chi connectivity index (χ1v) is 7.97. The third kappa shape index (κ3) is 3.50. The Bertz CT molecular complexity index is 881. The van der Waals surface area contributed by atoms with Gasteiger partial charge in [0.05, 0.1) is 28.7 Å². The van der Waals surface area contributed by atoms with E-state index in [4.69, 9.17) is 5.73 Å². The van der Waals surface area contributed by atoms with Crippen molar-refractivity contribution in [2.75, 3.05) is 5.73 Å². The molecule has 0 saturated heterocycles. The zero-order valence-corrected chi connectivity index (χ0v) is 14.4. The van der Waals surface area contributed by atoms with Gasteiger partial charge in [0.25, 0.3) is 5.91 Å². The second kappa shape index (κ2) is 6.72. The van der Waals surface area contributed by atoms with Gasteiger partial charge in [-0.15, -0.1) is 0 Å². The molecule has 0 aliphatic rings. The number of hydrogen-bond donors (Lipinski definition) is 2. The number of benzene rings is 1. The zero-order valence-electron chi connectivity index (χ0n) is 14.4. The van der Waals surface area contributed by atoms with Crippen LogP contribution in [0.2, 0.25) is 0 Å². The minimum absolute atomic E-state index is 0.173. The van der Waals surface area contributed by atoms with Gasteiger partial charge in [0.15, 0.2) is 0 Å². The van der Waals surface area contributed by atoms with Crippen LogP contribution in [0, 0.1) is 13.8 Å². The number of nitrogen functional groups attached to an aromatic ring is 1. The molecule has 0 bridgehead atoms. The summed E-state index contributed by atoms with van der Waals surface area (Å²) in [6.07, 6.45) is 3.60. The molecule has 0 saturated carbocycles. The zero-order chi connectivity index (χ0) is 18.0. The fraction of sp³-hybridized carbons (Fsp3) is 0.222. The second-order valence-corrected chi connectivity index (χ2v) is 5.87. The Balaban J connectivity index is 1.82. The van der Waals surface area contributed by atoms with Crippen LogP contribution in [0.25, 0.3) is 5.69 Å². The van der Waals surface area contributed by atoms with Crippen LogP contribution in [0.5, 0.6) is 0 Å². The largest absolute Gasteiger partial charge is 0.368 e. The number of anilines is 1. The van der Waals surface area contributed by atoms with Crippen LogP contribution in [0.1, 0.15) is 40.3 Å². The van der Waals surface area contributed by atoms with Gasteiger partial charge in [0.2, 0.25) is 5.95 Å². The SMILES string of the molecule is Cc1nc(N)nc(C)c1C(=O)NC(C)c1cccc(-n2cccn2)c1. The van der Waals surface area contributed by atoms with Crippen LogP contribution < -0.4 is 11.1 Å². The third-order valence-corrected chi connectivity index (χ3v) is 4.00. The van der Waals surface area contributed by atoms with Crippen molar-refractivity contribution < 1.29 is 4.79 Å². The number of aromatic nitrogens is 4. The Kier molecular flexibility index (Phi) is 4.47. The number of aryl methyl sites for hydroxylation is 2. The molecule has 25 heavy (non-hydrogen) atoms. The molecule has 0 fully saturated rings. The summed E-state index contributed by atoms with van der Waals surface area (Å²) in [7, 11) is 0. The van der Waals surface area contributed by atoms with Crippen LogP contribution in [-0.2, 0) is 0 Å². The molecule has 3 aromatic rings. The van der Waals surface area contributed by atoms with Crippen molar-refractivity contribution in [2.45, 2.75) is 26.8 Å². The first-order chi connectivity index (χ1) is 12.0. The normalized spacial score (nSPS) is 12.0. The van der Waals surface area contributed by atoms with Gasteiger partial charge in [-0.05, 0) is 44.5 Å². The average Bonchev–Trinajstić information content (AvgIpc) is 3.08. The molecule has 0 spiro atoms. The van der Waals surface area contributed by atoms with Gasteiger partial charge in [-0.3, -0.25) is 4.79 Å². The van der Waals surface area contributed by atoms with Crippen molar-refractivity contribution in [3.05, 3.63) is 65.2 Å². The van der Waals surface area contributed by atoms with Crippen LogP contribution in [0.3, 0.4) is 0 Å². The van der Waals surface area contributed by atoms with Crippen LogP contribution in [-0.4, -0.2) is 25.7 Å². The van der Waals surface area contributed by atoms with E-state index in [1.54, 1.807) is 24.7 Å². The molecule has 3 rings (SSSR count). The Labute approximate surface area is 145 Å². The van der Waals surface area contributed by atoms with E-state index in [2.05, 4.69) is 20.4 Å². The van der Waals surface area contributed by atoms with E-state index in [1.807, 2.05) is 43.5 Å². The van der Waals surface area contributed by atoms with Gasteiger partial charge >= 0.3 is 0 Å². The quantitative estimate of drug-likeness (QED) is 0.762. The number of hydrogen-bond acceptors (Lipinski definition) is 5. The maximum Gasteiger partial charge on any atom is 0.255 e. The van der Waals surface area contributed by atoms with Crippen molar-refractivity contribution in [3.8, 4) is 5.69 Å². The smallest absolute Gasteiger partial charge is 0.255 e. The van der Waals surface area contributed by atoms with Gasteiger partial charge in [-0.25, -0.2) is 14.6 Å². The lowest BCUT2D eigenvalue weighted by Gasteiger charge is -2.17. The van der Waals surface area contributed by atoms with Crippen molar-refractivity contribution in [3.63, 3.8) is 0 Å². The lowest BCUT2D eigenvalue weighted by molar-refractivity contribution is 0.0938. The van der Waals surface area contributed by atoms with E-state index >= 15 is 0 Å². The molecule has 2 aromatic heterocycles. The molecule has 7 heteroatoms. The summed E-state index contributed by atoms with van der Waals surface area (Å²) in [6, 6.07) is 9.56. The molecule has 1 amide bonds. The maximum absolute atomic E-state index is 12.6. The molecule has 0 aliphatic heterocycles. The number of carbonyl (C=O) groups is 1. The molecule has 1 unspecified atom stereocenters. The molecule has 0 aliphatic carbocycles. The number of nitrogens with zero attached hydrogens (tertiary/aromatic N) is 4. The highest BCUT2D eigenvalue weighted by molar-refractivity contribution is 5.96. The summed E-state index contributed by atoms with van der Waals surface area (Å²) in [5, 5.41) is 7.22. The van der Waals surface area contributed by atoms with E-state index < -0.39 is 0 Å². The van der Waals surface area contributed by atoms with Crippen LogP contribution in [0.15, 0.2) is 42.7 Å². The van der Waals surface area contributed by atoms with E-state index in [0.717, 1.165) is 11.3 Å². The molecule has 1 aromatic carbocycles. The highest BCUT2D eigenvalue weighted by atomic mass is 16.1. The number of nitrogens with one attached hydrogen (secondary N) is 1. The summed E-state index contributed by atoms with van der Waals surface area (Å²) in [4.78, 5) is 20.8. The van der Waals surface area contributed by atoms with E-state index in [-0.39, 0.29) is 17.9 Å². The predicted molar refractivity (Wildman–Crippen MR) is 95.4 cm³/mol. The summed E-state index contributed by atoms with van der Waals surface area (Å²) in [5.41, 5.74) is 9.14. The van der Waals surface area contributed by atoms with Gasteiger partial charge in [-0.1, -0.05) is 12.1 Å². The second-order valence-electron chi connectivity index (χ2n) is 5.87. The average molecular weight is 336 g/mol. The topological polar surface area (TPSA) is 98.7 Å². The van der Waals surface area contributed by atoms with Gasteiger partial charge in [0.1, 0.15) is 0 Å². The molecular formula is C18H20N6O. The van der Waals surface area contributed by atoms with E-state index in [9.17, 15) is 4.79 Å². The Morgan fingerprint density at radius 3 is 2.56 bits per heavy atom. The minimum atomic E-state index is -0.216. The first-order valence-electron chi connectivity index (χ1n) is 7.97. The molecule has 3 N–H and O–H groups in total. The van der Waals surface area contributed by atoms with Crippen molar-refractivity contribution in [1.29, 1.82) is 0 Å². The Morgan fingerprint density at radius 1 is 1.20 bits per heavy atom. The molecule has 2 heterocycles. The van der Waals surface area contributed by atoms with Gasteiger partial charge < -0.3 is 11.1 Å². The Morgan fingerprint density at radius 2 is 1.92 bits per heavy atom. The molecular weight excluding hydrogens is 316 g/mol. The van der Waals surface area contributed by atoms with Crippen molar-refractivity contribution in [2.24, 2.45) is 0 Å². The Hall–Kier alpha value is -3.22. The number of carbonyl (C=O) groups excluding carboxylic acids is 1. The summed E-state index contributed by atoms with van der Waals surface area (Å²) in [6.45, 7) is 5.44. The van der Waals surface area contributed by atoms with E-state index in [1.165, 1.54) is 0 Å². The predicted octanol–water partition coefficient (Wildman–Crippen LogP) is 2.35. The maximum atomic E-state index is 12.6. The highest BCUT2D eigenvalue weighted by Gasteiger charge is 2.18. The van der Waals surface area contributed by atoms with Gasteiger partial charge in [-0.2, -0.15) is 5.10 Å². The van der Waals surface area contributed by atoms with Gasteiger partial charge in [0, 0.05) is 12.4 Å². The van der Waals surface area contributed by atoms with Crippen LogP contribution >= 0.6 is 0 Å². The standard InChI is InChI=1S/C18H20N6O/c1-11(14-6-4-7-15(10-14)24-9-5-8-20-24)21-17(25)16-12(2)22-18(19)23-13(16)3/h4-11H,1-3H3,(H,21,25)(H2,19,22,23). The number of amides is 1. The lowest BCUT2D eigenvalue weighted by atomic mass is 10.1. The highest BCUT2D eigenvalue weighted by Crippen LogP contribution is 2.18. The third-order valence-electron chi connectivity index (χ3n) is 4.00. The van der Waals surface area contributed by atoms with E-state index in [0.29, 0.717) is 17.0 Å². The fourth-order valence-electron chi connectivity index (χ4n) is 2.78. The van der Waals surface area contributed by atoms with Crippen molar-refractivity contribution in [1.82, 2.24) is 25.1 Å². The summed E-state index contributed by atoms with van der Waals surface area (Å²) < 4.78 is 1.78. The minimum Gasteiger partial charge on any atom is -0.368 e. The lowest BCUT2D eigenvalue weighted by Crippen LogP contribution is -2.29.